The maximum absolute atomic E-state index is 11.9. The average molecular weight is 302 g/mol. The Hall–Kier alpha value is -1.18. The van der Waals surface area contributed by atoms with Gasteiger partial charge in [-0.25, -0.2) is 8.42 Å². The van der Waals surface area contributed by atoms with Crippen LogP contribution in [0.5, 0.6) is 0 Å². The highest BCUT2D eigenvalue weighted by molar-refractivity contribution is 7.95. The minimum atomic E-state index is -3.62. The molecule has 0 heterocycles. The van der Waals surface area contributed by atoms with Crippen molar-refractivity contribution in [2.45, 2.75) is 25.0 Å². The number of hydrogen-bond donors (Lipinski definition) is 3. The third kappa shape index (κ3) is 4.77. The molecule has 19 heavy (non-hydrogen) atoms. The molecule has 0 saturated carbocycles. The van der Waals surface area contributed by atoms with E-state index in [4.69, 9.17) is 23.1 Å². The Kier molecular flexibility index (Phi) is 5.71. The van der Waals surface area contributed by atoms with Crippen molar-refractivity contribution in [2.75, 3.05) is 11.3 Å². The molecule has 0 radical (unpaired) electrons. The number of benzene rings is 1. The SMILES string of the molecule is CC(C(N)=S)S(=O)(=O)Nc1cccc(CCCO)c1. The van der Waals surface area contributed by atoms with Gasteiger partial charge in [0.15, 0.2) is 0 Å². The minimum Gasteiger partial charge on any atom is -0.396 e. The lowest BCUT2D eigenvalue weighted by atomic mass is 10.1. The number of aliphatic hydroxyl groups is 1. The fourth-order valence-electron chi connectivity index (χ4n) is 1.48. The third-order valence-corrected chi connectivity index (χ3v) is 4.88. The summed E-state index contributed by atoms with van der Waals surface area (Å²) in [5, 5.41) is 7.85. The number of aliphatic hydroxyl groups excluding tert-OH is 1. The van der Waals surface area contributed by atoms with Crippen molar-refractivity contribution in [1.82, 2.24) is 0 Å². The molecule has 0 aliphatic carbocycles. The number of sulfonamides is 1. The van der Waals surface area contributed by atoms with Crippen LogP contribution in [0.3, 0.4) is 0 Å². The van der Waals surface area contributed by atoms with Crippen molar-refractivity contribution in [3.05, 3.63) is 29.8 Å². The molecule has 1 aromatic carbocycles. The van der Waals surface area contributed by atoms with Crippen molar-refractivity contribution < 1.29 is 13.5 Å². The second-order valence-electron chi connectivity index (χ2n) is 4.22. The Morgan fingerprint density at radius 1 is 1.53 bits per heavy atom. The topological polar surface area (TPSA) is 92.4 Å². The third-order valence-electron chi connectivity index (χ3n) is 2.68. The number of nitrogens with two attached hydrogens (primary N) is 1. The zero-order chi connectivity index (χ0) is 14.5. The number of rotatable bonds is 7. The molecule has 1 aromatic rings. The van der Waals surface area contributed by atoms with Gasteiger partial charge in [-0.15, -0.1) is 0 Å². The number of thiocarbonyl (C=S) groups is 1. The molecule has 1 atom stereocenters. The fourth-order valence-corrected chi connectivity index (χ4v) is 2.80. The Morgan fingerprint density at radius 3 is 2.79 bits per heavy atom. The molecular formula is C12H18N2O3S2. The van der Waals surface area contributed by atoms with Gasteiger partial charge in [-0.1, -0.05) is 24.4 Å². The van der Waals surface area contributed by atoms with Gasteiger partial charge < -0.3 is 10.8 Å². The highest BCUT2D eigenvalue weighted by atomic mass is 32.2. The van der Waals surface area contributed by atoms with E-state index in [0.717, 1.165) is 5.56 Å². The molecule has 0 aliphatic heterocycles. The highest BCUT2D eigenvalue weighted by Gasteiger charge is 2.23. The van der Waals surface area contributed by atoms with Crippen LogP contribution < -0.4 is 10.5 Å². The normalized spacial score (nSPS) is 12.9. The quantitative estimate of drug-likeness (QED) is 0.654. The predicted octanol–water partition coefficient (Wildman–Crippen LogP) is 1.03. The van der Waals surface area contributed by atoms with Crippen LogP contribution in [0.25, 0.3) is 0 Å². The summed E-state index contributed by atoms with van der Waals surface area (Å²) in [6.45, 7) is 1.55. The van der Waals surface area contributed by atoms with Crippen LogP contribution in [-0.2, 0) is 16.4 Å². The van der Waals surface area contributed by atoms with Gasteiger partial charge in [0.2, 0.25) is 10.0 Å². The average Bonchev–Trinajstić information content (AvgIpc) is 2.35. The molecule has 0 spiro atoms. The number of nitrogens with one attached hydrogen (secondary N) is 1. The van der Waals surface area contributed by atoms with E-state index in [1.54, 1.807) is 18.2 Å². The smallest absolute Gasteiger partial charge is 0.241 e. The van der Waals surface area contributed by atoms with Gasteiger partial charge in [-0.05, 0) is 37.5 Å². The monoisotopic (exact) mass is 302 g/mol. The molecule has 106 valence electrons. The molecule has 0 fully saturated rings. The largest absolute Gasteiger partial charge is 0.396 e. The van der Waals surface area contributed by atoms with Crippen LogP contribution >= 0.6 is 12.2 Å². The van der Waals surface area contributed by atoms with Crippen molar-refractivity contribution in [1.29, 1.82) is 0 Å². The summed E-state index contributed by atoms with van der Waals surface area (Å²) in [5.74, 6) is 0. The summed E-state index contributed by atoms with van der Waals surface area (Å²) >= 11 is 4.70. The molecule has 7 heteroatoms. The fraction of sp³-hybridized carbons (Fsp3) is 0.417. The summed E-state index contributed by atoms with van der Waals surface area (Å²) in [6.07, 6.45) is 1.33. The van der Waals surface area contributed by atoms with E-state index in [-0.39, 0.29) is 11.6 Å². The van der Waals surface area contributed by atoms with E-state index in [1.807, 2.05) is 6.07 Å². The van der Waals surface area contributed by atoms with Crippen molar-refractivity contribution >= 4 is 32.9 Å². The molecule has 1 unspecified atom stereocenters. The first-order chi connectivity index (χ1) is 8.86. The standard InChI is InChI=1S/C12H18N2O3S2/c1-9(12(13)18)19(16,17)14-11-6-2-4-10(8-11)5-3-7-15/h2,4,6,8-9,14-15H,3,5,7H2,1H3,(H2,13,18). The zero-order valence-electron chi connectivity index (χ0n) is 10.7. The highest BCUT2D eigenvalue weighted by Crippen LogP contribution is 2.15. The van der Waals surface area contributed by atoms with Gasteiger partial charge >= 0.3 is 0 Å². The minimum absolute atomic E-state index is 0.0658. The molecule has 0 saturated heterocycles. The Morgan fingerprint density at radius 2 is 2.21 bits per heavy atom. The first kappa shape index (κ1) is 15.9. The lowest BCUT2D eigenvalue weighted by molar-refractivity contribution is 0.288. The number of aryl methyl sites for hydroxylation is 1. The van der Waals surface area contributed by atoms with Crippen LogP contribution in [0, 0.1) is 0 Å². The van der Waals surface area contributed by atoms with Crippen molar-refractivity contribution in [3.63, 3.8) is 0 Å². The second-order valence-corrected chi connectivity index (χ2v) is 6.69. The summed E-state index contributed by atoms with van der Waals surface area (Å²) in [4.78, 5) is -0.0658. The van der Waals surface area contributed by atoms with Gasteiger partial charge in [-0.2, -0.15) is 0 Å². The van der Waals surface area contributed by atoms with Crippen LogP contribution in [0.4, 0.5) is 5.69 Å². The van der Waals surface area contributed by atoms with E-state index < -0.39 is 15.3 Å². The lowest BCUT2D eigenvalue weighted by Gasteiger charge is -2.14. The van der Waals surface area contributed by atoms with Gasteiger partial charge in [0.1, 0.15) is 5.25 Å². The predicted molar refractivity (Wildman–Crippen MR) is 80.6 cm³/mol. The first-order valence-electron chi connectivity index (χ1n) is 5.87. The zero-order valence-corrected chi connectivity index (χ0v) is 12.3. The maximum Gasteiger partial charge on any atom is 0.241 e. The summed E-state index contributed by atoms with van der Waals surface area (Å²) < 4.78 is 26.4. The van der Waals surface area contributed by atoms with Crippen LogP contribution in [0.2, 0.25) is 0 Å². The van der Waals surface area contributed by atoms with Gasteiger partial charge in [0.05, 0.1) is 4.99 Å². The van der Waals surface area contributed by atoms with Gasteiger partial charge in [-0.3, -0.25) is 4.72 Å². The molecule has 1 rings (SSSR count). The summed E-state index contributed by atoms with van der Waals surface area (Å²) in [5.41, 5.74) is 6.78. The molecular weight excluding hydrogens is 284 g/mol. The van der Waals surface area contributed by atoms with E-state index in [9.17, 15) is 8.42 Å². The van der Waals surface area contributed by atoms with Gasteiger partial charge in [0, 0.05) is 12.3 Å². The molecule has 0 aliphatic rings. The Balaban J connectivity index is 2.85. The van der Waals surface area contributed by atoms with E-state index in [2.05, 4.69) is 4.72 Å². The Labute approximate surface area is 118 Å². The summed E-state index contributed by atoms with van der Waals surface area (Å²) in [7, 11) is -3.62. The van der Waals surface area contributed by atoms with Crippen molar-refractivity contribution in [2.24, 2.45) is 5.73 Å². The van der Waals surface area contributed by atoms with Crippen LogP contribution in [0.1, 0.15) is 18.9 Å². The molecule has 0 amide bonds. The van der Waals surface area contributed by atoms with E-state index in [1.165, 1.54) is 6.92 Å². The molecule has 0 bridgehead atoms. The number of anilines is 1. The maximum atomic E-state index is 11.9. The Bertz CT molecular complexity index is 544. The first-order valence-corrected chi connectivity index (χ1v) is 7.83. The molecule has 4 N–H and O–H groups in total. The molecule has 5 nitrogen and oxygen atoms in total. The van der Waals surface area contributed by atoms with Gasteiger partial charge in [0.25, 0.3) is 0 Å². The van der Waals surface area contributed by atoms with Crippen LogP contribution in [0.15, 0.2) is 24.3 Å². The number of hydrogen-bond acceptors (Lipinski definition) is 4. The van der Waals surface area contributed by atoms with Crippen LogP contribution in [-0.4, -0.2) is 30.4 Å². The van der Waals surface area contributed by atoms with E-state index in [0.29, 0.717) is 18.5 Å². The molecule has 0 aromatic heterocycles. The van der Waals surface area contributed by atoms with E-state index >= 15 is 0 Å². The lowest BCUT2D eigenvalue weighted by Crippen LogP contribution is -2.35. The summed E-state index contributed by atoms with van der Waals surface area (Å²) in [6, 6.07) is 7.03. The van der Waals surface area contributed by atoms with Crippen molar-refractivity contribution in [3.8, 4) is 0 Å². The second kappa shape index (κ2) is 6.83.